The second-order valence-corrected chi connectivity index (χ2v) is 8.33. The van der Waals surface area contributed by atoms with E-state index in [1.807, 2.05) is 18.0 Å². The number of fused-ring (bicyclic) bond motifs is 1. The molecular formula is C25H24N4O5. The minimum absolute atomic E-state index is 0.0206. The molecule has 0 unspecified atom stereocenters. The number of hydrogen-bond acceptors (Lipinski definition) is 6. The molecule has 2 aliphatic heterocycles. The van der Waals surface area contributed by atoms with Gasteiger partial charge in [0.2, 0.25) is 6.79 Å². The molecule has 5 rings (SSSR count). The highest BCUT2D eigenvalue weighted by molar-refractivity contribution is 6.05. The van der Waals surface area contributed by atoms with Gasteiger partial charge in [-0.05, 0) is 60.6 Å². The van der Waals surface area contributed by atoms with Gasteiger partial charge in [-0.3, -0.25) is 14.4 Å². The van der Waals surface area contributed by atoms with Gasteiger partial charge in [-0.1, -0.05) is 6.07 Å². The molecular weight excluding hydrogens is 436 g/mol. The van der Waals surface area contributed by atoms with E-state index in [1.54, 1.807) is 42.6 Å². The summed E-state index contributed by atoms with van der Waals surface area (Å²) in [6, 6.07) is 13.7. The normalized spacial score (nSPS) is 15.3. The van der Waals surface area contributed by atoms with Crippen LogP contribution in [0.15, 0.2) is 59.5 Å². The number of aromatic nitrogens is 1. The maximum Gasteiger partial charge on any atom is 0.261 e. The molecule has 0 spiro atoms. The molecule has 2 aliphatic rings. The van der Waals surface area contributed by atoms with Crippen LogP contribution in [0.25, 0.3) is 11.1 Å². The molecule has 9 nitrogen and oxygen atoms in total. The van der Waals surface area contributed by atoms with Crippen molar-refractivity contribution >= 4 is 17.5 Å². The fraction of sp³-hybridized carbons (Fsp3) is 0.240. The number of nitrogens with one attached hydrogen (secondary N) is 2. The van der Waals surface area contributed by atoms with Crippen LogP contribution in [0.5, 0.6) is 11.5 Å². The molecule has 1 aromatic heterocycles. The van der Waals surface area contributed by atoms with Gasteiger partial charge in [0.05, 0.1) is 0 Å². The molecule has 9 heteroatoms. The summed E-state index contributed by atoms with van der Waals surface area (Å²) in [5.74, 6) is 0.697. The molecule has 34 heavy (non-hydrogen) atoms. The summed E-state index contributed by atoms with van der Waals surface area (Å²) < 4.78 is 10.7. The molecule has 0 bridgehead atoms. The Morgan fingerprint density at radius 2 is 1.65 bits per heavy atom. The first kappa shape index (κ1) is 21.7. The Balaban J connectivity index is 1.30. The van der Waals surface area contributed by atoms with Crippen molar-refractivity contribution in [2.75, 3.05) is 45.3 Å². The first-order chi connectivity index (χ1) is 16.5. The Bertz CT molecular complexity index is 1290. The van der Waals surface area contributed by atoms with Crippen LogP contribution in [0, 0.1) is 0 Å². The van der Waals surface area contributed by atoms with E-state index in [1.165, 1.54) is 6.07 Å². The summed E-state index contributed by atoms with van der Waals surface area (Å²) in [5.41, 5.74) is 1.98. The van der Waals surface area contributed by atoms with E-state index < -0.39 is 11.5 Å². The average molecular weight is 460 g/mol. The molecule has 2 N–H and O–H groups in total. The first-order valence-corrected chi connectivity index (χ1v) is 11.0. The van der Waals surface area contributed by atoms with Gasteiger partial charge in [0.15, 0.2) is 11.5 Å². The molecule has 0 saturated carbocycles. The van der Waals surface area contributed by atoms with Crippen molar-refractivity contribution in [2.24, 2.45) is 0 Å². The number of carbonyl (C=O) groups is 2. The van der Waals surface area contributed by atoms with E-state index in [0.29, 0.717) is 41.4 Å². The molecule has 174 valence electrons. The lowest BCUT2D eigenvalue weighted by Gasteiger charge is -2.32. The molecule has 3 aromatic rings. The number of ether oxygens (including phenoxy) is 2. The second kappa shape index (κ2) is 9.03. The molecule has 3 heterocycles. The van der Waals surface area contributed by atoms with Crippen LogP contribution in [-0.2, 0) is 0 Å². The number of hydrogen-bond donors (Lipinski definition) is 2. The van der Waals surface area contributed by atoms with Gasteiger partial charge < -0.3 is 29.6 Å². The second-order valence-electron chi connectivity index (χ2n) is 8.33. The number of rotatable bonds is 4. The van der Waals surface area contributed by atoms with Gasteiger partial charge in [-0.15, -0.1) is 0 Å². The number of aromatic amines is 1. The maximum absolute atomic E-state index is 12.8. The predicted molar refractivity (Wildman–Crippen MR) is 126 cm³/mol. The Hall–Kier alpha value is -4.11. The molecule has 0 atom stereocenters. The number of piperazine rings is 1. The van der Waals surface area contributed by atoms with Crippen molar-refractivity contribution in [1.82, 2.24) is 14.8 Å². The van der Waals surface area contributed by atoms with Crippen LogP contribution in [0.1, 0.15) is 20.7 Å². The number of nitrogens with zero attached hydrogens (tertiary/aromatic N) is 2. The summed E-state index contributed by atoms with van der Waals surface area (Å²) in [6.45, 7) is 3.24. The van der Waals surface area contributed by atoms with Crippen molar-refractivity contribution in [2.45, 2.75) is 0 Å². The van der Waals surface area contributed by atoms with Crippen LogP contribution < -0.4 is 20.3 Å². The van der Waals surface area contributed by atoms with Gasteiger partial charge >= 0.3 is 0 Å². The standard InChI is InChI=1S/C25H24N4O5/c1-28-8-10-29(11-9-28)25(32)16-2-5-19(6-3-16)27-24(31)20-12-18(14-26-23(20)30)17-4-7-21-22(13-17)34-15-33-21/h2-7,12-14H,8-11,15H2,1H3,(H,26,30)(H,27,31). The molecule has 1 fully saturated rings. The van der Waals surface area contributed by atoms with E-state index in [-0.39, 0.29) is 18.3 Å². The first-order valence-electron chi connectivity index (χ1n) is 11.0. The number of pyridine rings is 1. The van der Waals surface area contributed by atoms with Crippen LogP contribution >= 0.6 is 0 Å². The predicted octanol–water partition coefficient (Wildman–Crippen LogP) is 2.41. The third kappa shape index (κ3) is 4.38. The Morgan fingerprint density at radius 1 is 0.912 bits per heavy atom. The third-order valence-electron chi connectivity index (χ3n) is 6.03. The molecule has 2 aromatic carbocycles. The van der Waals surface area contributed by atoms with Crippen LogP contribution in [0.4, 0.5) is 5.69 Å². The third-order valence-corrected chi connectivity index (χ3v) is 6.03. The summed E-state index contributed by atoms with van der Waals surface area (Å²) in [4.78, 5) is 44.5. The average Bonchev–Trinajstić information content (AvgIpc) is 3.33. The van der Waals surface area contributed by atoms with E-state index >= 15 is 0 Å². The number of likely N-dealkylation sites (N-methyl/N-ethyl adjacent to an activating group) is 1. The van der Waals surface area contributed by atoms with Gasteiger partial charge in [0.25, 0.3) is 17.4 Å². The largest absolute Gasteiger partial charge is 0.454 e. The van der Waals surface area contributed by atoms with Crippen LogP contribution in [-0.4, -0.2) is 66.6 Å². The Labute approximate surface area is 195 Å². The van der Waals surface area contributed by atoms with Crippen molar-refractivity contribution in [3.8, 4) is 22.6 Å². The molecule has 0 radical (unpaired) electrons. The van der Waals surface area contributed by atoms with E-state index in [9.17, 15) is 14.4 Å². The fourth-order valence-electron chi connectivity index (χ4n) is 3.98. The number of H-pyrrole nitrogens is 1. The Morgan fingerprint density at radius 3 is 2.41 bits per heavy atom. The van der Waals surface area contributed by atoms with Gasteiger partial charge in [0, 0.05) is 43.6 Å². The highest BCUT2D eigenvalue weighted by Crippen LogP contribution is 2.35. The summed E-state index contributed by atoms with van der Waals surface area (Å²) in [7, 11) is 2.04. The summed E-state index contributed by atoms with van der Waals surface area (Å²) in [5, 5.41) is 2.74. The molecule has 0 aliphatic carbocycles. The number of amides is 2. The Kier molecular flexibility index (Phi) is 5.77. The zero-order valence-electron chi connectivity index (χ0n) is 18.7. The number of anilines is 1. The maximum atomic E-state index is 12.8. The lowest BCUT2D eigenvalue weighted by atomic mass is 10.0. The van der Waals surface area contributed by atoms with Gasteiger partial charge in [-0.2, -0.15) is 0 Å². The van der Waals surface area contributed by atoms with Crippen molar-refractivity contribution in [3.05, 3.63) is 76.2 Å². The number of benzene rings is 2. The van der Waals surface area contributed by atoms with Crippen molar-refractivity contribution in [1.29, 1.82) is 0 Å². The van der Waals surface area contributed by atoms with E-state index in [2.05, 4.69) is 15.2 Å². The smallest absolute Gasteiger partial charge is 0.261 e. The van der Waals surface area contributed by atoms with Crippen molar-refractivity contribution in [3.63, 3.8) is 0 Å². The lowest BCUT2D eigenvalue weighted by molar-refractivity contribution is 0.0664. The monoisotopic (exact) mass is 460 g/mol. The van der Waals surface area contributed by atoms with Crippen LogP contribution in [0.2, 0.25) is 0 Å². The summed E-state index contributed by atoms with van der Waals surface area (Å²) >= 11 is 0. The zero-order valence-corrected chi connectivity index (χ0v) is 18.7. The zero-order chi connectivity index (χ0) is 23.7. The molecule has 1 saturated heterocycles. The minimum atomic E-state index is -0.540. The quantitative estimate of drug-likeness (QED) is 0.620. The highest BCUT2D eigenvalue weighted by Gasteiger charge is 2.21. The highest BCUT2D eigenvalue weighted by atomic mass is 16.7. The summed E-state index contributed by atoms with van der Waals surface area (Å²) in [6.07, 6.45) is 1.55. The van der Waals surface area contributed by atoms with Gasteiger partial charge in [-0.25, -0.2) is 0 Å². The fourth-order valence-corrected chi connectivity index (χ4v) is 3.98. The molecule has 2 amide bonds. The van der Waals surface area contributed by atoms with Gasteiger partial charge in [0.1, 0.15) is 5.56 Å². The van der Waals surface area contributed by atoms with E-state index in [4.69, 9.17) is 9.47 Å². The minimum Gasteiger partial charge on any atom is -0.454 e. The topological polar surface area (TPSA) is 104 Å². The van der Waals surface area contributed by atoms with Crippen molar-refractivity contribution < 1.29 is 19.1 Å². The number of carbonyl (C=O) groups excluding carboxylic acids is 2. The van der Waals surface area contributed by atoms with E-state index in [0.717, 1.165) is 18.7 Å². The SMILES string of the molecule is CN1CCN(C(=O)c2ccc(NC(=O)c3cc(-c4ccc5c(c4)OCO5)c[nH]c3=O)cc2)CC1. The van der Waals surface area contributed by atoms with Crippen LogP contribution in [0.3, 0.4) is 0 Å². The lowest BCUT2D eigenvalue weighted by Crippen LogP contribution is -2.47.